The summed E-state index contributed by atoms with van der Waals surface area (Å²) in [6, 6.07) is 1.44. The van der Waals surface area contributed by atoms with Gasteiger partial charge in [0, 0.05) is 30.9 Å². The zero-order valence-corrected chi connectivity index (χ0v) is 10.1. The van der Waals surface area contributed by atoms with E-state index in [9.17, 15) is 4.79 Å². The summed E-state index contributed by atoms with van der Waals surface area (Å²) >= 11 is 0. The van der Waals surface area contributed by atoms with Crippen molar-refractivity contribution in [3.05, 3.63) is 35.5 Å². The molecule has 0 radical (unpaired) electrons. The molecule has 2 N–H and O–H groups in total. The minimum atomic E-state index is -1.06. The number of rotatable bonds is 4. The normalized spacial score (nSPS) is 10.3. The Morgan fingerprint density at radius 2 is 2.28 bits per heavy atom. The summed E-state index contributed by atoms with van der Waals surface area (Å²) in [5, 5.41) is 15.7. The fourth-order valence-corrected chi connectivity index (χ4v) is 1.54. The van der Waals surface area contributed by atoms with Gasteiger partial charge >= 0.3 is 5.97 Å². The molecule has 7 heteroatoms. The van der Waals surface area contributed by atoms with E-state index in [2.05, 4.69) is 20.2 Å². The molecule has 2 aromatic rings. The van der Waals surface area contributed by atoms with Crippen LogP contribution >= 0.6 is 0 Å². The number of carboxylic acid groups (broad SMARTS) is 1. The van der Waals surface area contributed by atoms with E-state index < -0.39 is 5.97 Å². The second-order valence-electron chi connectivity index (χ2n) is 3.94. The number of hydrogen-bond acceptors (Lipinski definition) is 5. The number of H-pyrrole nitrogens is 1. The summed E-state index contributed by atoms with van der Waals surface area (Å²) in [5.74, 6) is -0.505. The molecule has 0 amide bonds. The SMILES string of the molecule is Cc1[nH]ncc1CN(C)c1cc(C(=O)O)ncn1. The summed E-state index contributed by atoms with van der Waals surface area (Å²) in [6.07, 6.45) is 2.99. The van der Waals surface area contributed by atoms with Gasteiger partial charge in [0.15, 0.2) is 5.69 Å². The number of anilines is 1. The molecule has 0 unspecified atom stereocenters. The van der Waals surface area contributed by atoms with Crippen molar-refractivity contribution in [2.45, 2.75) is 13.5 Å². The first-order valence-electron chi connectivity index (χ1n) is 5.33. The lowest BCUT2D eigenvalue weighted by molar-refractivity contribution is 0.0690. The molecule has 2 aromatic heterocycles. The predicted octanol–water partition coefficient (Wildman–Crippen LogP) is 0.843. The Labute approximate surface area is 104 Å². The highest BCUT2D eigenvalue weighted by atomic mass is 16.4. The fraction of sp³-hybridized carbons (Fsp3) is 0.273. The quantitative estimate of drug-likeness (QED) is 0.831. The maximum atomic E-state index is 10.8. The molecule has 0 bridgehead atoms. The lowest BCUT2D eigenvalue weighted by Gasteiger charge is -2.17. The Hall–Kier alpha value is -2.44. The van der Waals surface area contributed by atoms with Gasteiger partial charge in [-0.05, 0) is 6.92 Å². The van der Waals surface area contributed by atoms with Crippen molar-refractivity contribution in [3.8, 4) is 0 Å². The Morgan fingerprint density at radius 3 is 2.89 bits per heavy atom. The van der Waals surface area contributed by atoms with Crippen molar-refractivity contribution >= 4 is 11.8 Å². The predicted molar refractivity (Wildman–Crippen MR) is 64.4 cm³/mol. The molecule has 0 aliphatic carbocycles. The van der Waals surface area contributed by atoms with Crippen molar-refractivity contribution in [2.24, 2.45) is 0 Å². The zero-order valence-electron chi connectivity index (χ0n) is 10.1. The van der Waals surface area contributed by atoms with Gasteiger partial charge in [0.1, 0.15) is 12.1 Å². The number of aromatic nitrogens is 4. The second kappa shape index (κ2) is 4.82. The molecule has 2 heterocycles. The van der Waals surface area contributed by atoms with Crippen molar-refractivity contribution in [2.75, 3.05) is 11.9 Å². The van der Waals surface area contributed by atoms with Crippen LogP contribution in [-0.4, -0.2) is 38.3 Å². The van der Waals surface area contributed by atoms with E-state index in [0.717, 1.165) is 11.3 Å². The van der Waals surface area contributed by atoms with Gasteiger partial charge in [0.2, 0.25) is 0 Å². The topological polar surface area (TPSA) is 95.0 Å². The average molecular weight is 247 g/mol. The van der Waals surface area contributed by atoms with E-state index in [-0.39, 0.29) is 5.69 Å². The lowest BCUT2D eigenvalue weighted by Crippen LogP contribution is -2.18. The van der Waals surface area contributed by atoms with Crippen molar-refractivity contribution < 1.29 is 9.90 Å². The van der Waals surface area contributed by atoms with Crippen molar-refractivity contribution in [1.29, 1.82) is 0 Å². The van der Waals surface area contributed by atoms with Crippen LogP contribution in [0.2, 0.25) is 0 Å². The molecule has 0 saturated carbocycles. The van der Waals surface area contributed by atoms with E-state index >= 15 is 0 Å². The third-order valence-corrected chi connectivity index (χ3v) is 2.60. The first-order chi connectivity index (χ1) is 8.58. The number of carbonyl (C=O) groups is 1. The third-order valence-electron chi connectivity index (χ3n) is 2.60. The number of aryl methyl sites for hydroxylation is 1. The Morgan fingerprint density at radius 1 is 1.50 bits per heavy atom. The number of nitrogens with zero attached hydrogens (tertiary/aromatic N) is 4. The molecule has 0 aliphatic heterocycles. The molecule has 0 spiro atoms. The molecule has 0 atom stereocenters. The maximum Gasteiger partial charge on any atom is 0.354 e. The molecule has 18 heavy (non-hydrogen) atoms. The summed E-state index contributed by atoms with van der Waals surface area (Å²) in [6.45, 7) is 2.53. The van der Waals surface area contributed by atoms with E-state index in [1.54, 1.807) is 6.20 Å². The van der Waals surface area contributed by atoms with Crippen LogP contribution in [0.25, 0.3) is 0 Å². The molecule has 94 valence electrons. The van der Waals surface area contributed by atoms with E-state index in [1.807, 2.05) is 18.9 Å². The Balaban J connectivity index is 2.18. The van der Waals surface area contributed by atoms with Gasteiger partial charge in [-0.15, -0.1) is 0 Å². The Kier molecular flexibility index (Phi) is 3.22. The second-order valence-corrected chi connectivity index (χ2v) is 3.94. The molecule has 0 fully saturated rings. The smallest absolute Gasteiger partial charge is 0.354 e. The summed E-state index contributed by atoms with van der Waals surface area (Å²) in [5.41, 5.74) is 2.00. The van der Waals surface area contributed by atoms with Crippen LogP contribution in [0.15, 0.2) is 18.6 Å². The molecule has 0 saturated heterocycles. The third kappa shape index (κ3) is 2.45. The van der Waals surface area contributed by atoms with Crippen molar-refractivity contribution in [1.82, 2.24) is 20.2 Å². The minimum absolute atomic E-state index is 0.0178. The largest absolute Gasteiger partial charge is 0.477 e. The number of aromatic amines is 1. The molecule has 0 aromatic carbocycles. The van der Waals surface area contributed by atoms with Gasteiger partial charge in [-0.25, -0.2) is 14.8 Å². The van der Waals surface area contributed by atoms with Crippen LogP contribution in [0.5, 0.6) is 0 Å². The highest BCUT2D eigenvalue weighted by Crippen LogP contribution is 2.14. The van der Waals surface area contributed by atoms with Gasteiger partial charge in [0.25, 0.3) is 0 Å². The molecular weight excluding hydrogens is 234 g/mol. The highest BCUT2D eigenvalue weighted by Gasteiger charge is 2.10. The number of nitrogens with one attached hydrogen (secondary N) is 1. The number of carboxylic acids is 1. The Bertz CT molecular complexity index is 566. The van der Waals surface area contributed by atoms with Crippen LogP contribution < -0.4 is 4.90 Å². The van der Waals surface area contributed by atoms with Crippen LogP contribution in [-0.2, 0) is 6.54 Å². The van der Waals surface area contributed by atoms with Crippen LogP contribution in [0.3, 0.4) is 0 Å². The molecule has 0 aliphatic rings. The fourth-order valence-electron chi connectivity index (χ4n) is 1.54. The minimum Gasteiger partial charge on any atom is -0.477 e. The summed E-state index contributed by atoms with van der Waals surface area (Å²) in [7, 11) is 1.83. The number of aromatic carboxylic acids is 1. The van der Waals surface area contributed by atoms with Gasteiger partial charge in [0.05, 0.1) is 6.20 Å². The number of hydrogen-bond donors (Lipinski definition) is 2. The summed E-state index contributed by atoms with van der Waals surface area (Å²) in [4.78, 5) is 20.4. The lowest BCUT2D eigenvalue weighted by atomic mass is 10.2. The molecular formula is C11H13N5O2. The van der Waals surface area contributed by atoms with Gasteiger partial charge in [-0.3, -0.25) is 5.10 Å². The monoisotopic (exact) mass is 247 g/mol. The maximum absolute atomic E-state index is 10.8. The van der Waals surface area contributed by atoms with Crippen LogP contribution in [0.4, 0.5) is 5.82 Å². The van der Waals surface area contributed by atoms with Crippen molar-refractivity contribution in [3.63, 3.8) is 0 Å². The molecule has 2 rings (SSSR count). The van der Waals surface area contributed by atoms with Gasteiger partial charge in [-0.1, -0.05) is 0 Å². The van der Waals surface area contributed by atoms with Crippen LogP contribution in [0.1, 0.15) is 21.7 Å². The highest BCUT2D eigenvalue weighted by molar-refractivity contribution is 5.86. The first-order valence-corrected chi connectivity index (χ1v) is 5.33. The van der Waals surface area contributed by atoms with Crippen LogP contribution in [0, 0.1) is 6.92 Å². The standard InChI is InChI=1S/C11H13N5O2/c1-7-8(4-14-15-7)5-16(2)10-3-9(11(17)18)12-6-13-10/h3-4,6H,5H2,1-2H3,(H,14,15)(H,17,18). The first kappa shape index (κ1) is 12.0. The van der Waals surface area contributed by atoms with E-state index in [1.165, 1.54) is 12.4 Å². The van der Waals surface area contributed by atoms with E-state index in [0.29, 0.717) is 12.4 Å². The van der Waals surface area contributed by atoms with Gasteiger partial charge < -0.3 is 10.0 Å². The van der Waals surface area contributed by atoms with Gasteiger partial charge in [-0.2, -0.15) is 5.10 Å². The summed E-state index contributed by atoms with van der Waals surface area (Å²) < 4.78 is 0. The average Bonchev–Trinajstić information content (AvgIpc) is 2.75. The van der Waals surface area contributed by atoms with E-state index in [4.69, 9.17) is 5.11 Å². The zero-order chi connectivity index (χ0) is 13.1. The molecule has 7 nitrogen and oxygen atoms in total.